The number of aryl methyl sites for hydroxylation is 1. The second-order valence-corrected chi connectivity index (χ2v) is 5.62. The normalized spacial score (nSPS) is 17.9. The molecule has 0 aromatic heterocycles. The Labute approximate surface area is 98.8 Å². The van der Waals surface area contributed by atoms with E-state index in [4.69, 9.17) is 4.74 Å². The zero-order valence-electron chi connectivity index (χ0n) is 10.7. The summed E-state index contributed by atoms with van der Waals surface area (Å²) in [5.74, 6) is 1.04. The lowest BCUT2D eigenvalue weighted by Crippen LogP contribution is -2.22. The van der Waals surface area contributed by atoms with E-state index < -0.39 is 0 Å². The first-order valence-electron chi connectivity index (χ1n) is 6.35. The molecule has 0 aliphatic heterocycles. The van der Waals surface area contributed by atoms with Crippen molar-refractivity contribution < 1.29 is 4.74 Å². The molecule has 0 fully saturated rings. The molecule has 88 valence electrons. The molecule has 0 unspecified atom stereocenters. The predicted octanol–water partition coefficient (Wildman–Crippen LogP) is 3.99. The minimum absolute atomic E-state index is 0.455. The Kier molecular flexibility index (Phi) is 3.22. The summed E-state index contributed by atoms with van der Waals surface area (Å²) >= 11 is 0. The standard InChI is InChI=1S/C15H22O/c1-4-9-16-14-6-5-12-7-8-15(2,3)11-13(12)10-14/h5-6,10H,4,7-9,11H2,1-3H3. The third-order valence-corrected chi connectivity index (χ3v) is 3.39. The topological polar surface area (TPSA) is 9.23 Å². The maximum atomic E-state index is 5.69. The molecule has 2 rings (SSSR count). The van der Waals surface area contributed by atoms with Crippen LogP contribution in [-0.4, -0.2) is 6.61 Å². The van der Waals surface area contributed by atoms with Gasteiger partial charge >= 0.3 is 0 Å². The van der Waals surface area contributed by atoms with Crippen molar-refractivity contribution in [1.29, 1.82) is 0 Å². The van der Waals surface area contributed by atoms with Gasteiger partial charge in [-0.05, 0) is 54.4 Å². The Balaban J connectivity index is 2.17. The molecule has 0 amide bonds. The van der Waals surface area contributed by atoms with Gasteiger partial charge in [0, 0.05) is 0 Å². The van der Waals surface area contributed by atoms with Crippen LogP contribution in [0, 0.1) is 5.41 Å². The first-order chi connectivity index (χ1) is 7.61. The lowest BCUT2D eigenvalue weighted by molar-refractivity contribution is 0.305. The quantitative estimate of drug-likeness (QED) is 0.745. The molecule has 1 aromatic rings. The summed E-state index contributed by atoms with van der Waals surface area (Å²) in [4.78, 5) is 0. The molecule has 0 heterocycles. The number of fused-ring (bicyclic) bond motifs is 1. The second kappa shape index (κ2) is 4.48. The summed E-state index contributed by atoms with van der Waals surface area (Å²) in [5, 5.41) is 0. The van der Waals surface area contributed by atoms with E-state index in [0.29, 0.717) is 5.41 Å². The van der Waals surface area contributed by atoms with Crippen molar-refractivity contribution in [2.45, 2.75) is 46.5 Å². The number of rotatable bonds is 3. The molecule has 16 heavy (non-hydrogen) atoms. The summed E-state index contributed by atoms with van der Waals surface area (Å²) in [5.41, 5.74) is 3.46. The highest BCUT2D eigenvalue weighted by Gasteiger charge is 2.25. The molecule has 0 radical (unpaired) electrons. The van der Waals surface area contributed by atoms with Gasteiger partial charge in [-0.25, -0.2) is 0 Å². The number of hydrogen-bond donors (Lipinski definition) is 0. The molecule has 1 nitrogen and oxygen atoms in total. The minimum Gasteiger partial charge on any atom is -0.494 e. The maximum absolute atomic E-state index is 5.69. The molecule has 1 aromatic carbocycles. The Morgan fingerprint density at radius 3 is 2.81 bits per heavy atom. The number of hydrogen-bond acceptors (Lipinski definition) is 1. The summed E-state index contributed by atoms with van der Waals surface area (Å²) < 4.78 is 5.69. The van der Waals surface area contributed by atoms with Crippen LogP contribution in [0.1, 0.15) is 44.7 Å². The zero-order chi connectivity index (χ0) is 11.6. The summed E-state index contributed by atoms with van der Waals surface area (Å²) in [7, 11) is 0. The van der Waals surface area contributed by atoms with Crippen LogP contribution >= 0.6 is 0 Å². The molecule has 1 heteroatoms. The van der Waals surface area contributed by atoms with E-state index in [1.807, 2.05) is 0 Å². The molecule has 0 bridgehead atoms. The van der Waals surface area contributed by atoms with Gasteiger partial charge in [-0.3, -0.25) is 0 Å². The van der Waals surface area contributed by atoms with Crippen molar-refractivity contribution in [2.24, 2.45) is 5.41 Å². The Morgan fingerprint density at radius 2 is 2.06 bits per heavy atom. The molecule has 1 aliphatic carbocycles. The highest BCUT2D eigenvalue weighted by Crippen LogP contribution is 2.36. The fraction of sp³-hybridized carbons (Fsp3) is 0.600. The van der Waals surface area contributed by atoms with Crippen molar-refractivity contribution in [3.8, 4) is 5.75 Å². The van der Waals surface area contributed by atoms with E-state index >= 15 is 0 Å². The molecule has 0 saturated heterocycles. The van der Waals surface area contributed by atoms with Gasteiger partial charge in [0.1, 0.15) is 5.75 Å². The number of benzene rings is 1. The van der Waals surface area contributed by atoms with Gasteiger partial charge < -0.3 is 4.74 Å². The predicted molar refractivity (Wildman–Crippen MR) is 68.0 cm³/mol. The largest absolute Gasteiger partial charge is 0.494 e. The minimum atomic E-state index is 0.455. The molecule has 0 atom stereocenters. The van der Waals surface area contributed by atoms with Gasteiger partial charge in [-0.15, -0.1) is 0 Å². The highest BCUT2D eigenvalue weighted by atomic mass is 16.5. The molecule has 1 aliphatic rings. The fourth-order valence-corrected chi connectivity index (χ4v) is 2.40. The molecular weight excluding hydrogens is 196 g/mol. The SMILES string of the molecule is CCCOc1ccc2c(c1)CC(C)(C)CC2. The third kappa shape index (κ3) is 2.58. The fourth-order valence-electron chi connectivity index (χ4n) is 2.40. The van der Waals surface area contributed by atoms with Gasteiger partial charge in [0.05, 0.1) is 6.61 Å². The van der Waals surface area contributed by atoms with Crippen molar-refractivity contribution in [1.82, 2.24) is 0 Å². The first kappa shape index (κ1) is 11.5. The molecule has 0 N–H and O–H groups in total. The van der Waals surface area contributed by atoms with Crippen LogP contribution in [0.15, 0.2) is 18.2 Å². The average molecular weight is 218 g/mol. The molecule has 0 saturated carbocycles. The maximum Gasteiger partial charge on any atom is 0.119 e. The van der Waals surface area contributed by atoms with Gasteiger partial charge in [-0.2, -0.15) is 0 Å². The van der Waals surface area contributed by atoms with E-state index in [1.54, 1.807) is 0 Å². The van der Waals surface area contributed by atoms with E-state index in [2.05, 4.69) is 39.0 Å². The van der Waals surface area contributed by atoms with Gasteiger partial charge in [0.25, 0.3) is 0 Å². The summed E-state index contributed by atoms with van der Waals surface area (Å²) in [6.45, 7) is 7.68. The second-order valence-electron chi connectivity index (χ2n) is 5.62. The van der Waals surface area contributed by atoms with Crippen molar-refractivity contribution >= 4 is 0 Å². The lowest BCUT2D eigenvalue weighted by atomic mass is 9.74. The Morgan fingerprint density at radius 1 is 1.25 bits per heavy atom. The van der Waals surface area contributed by atoms with Gasteiger partial charge in [-0.1, -0.05) is 26.8 Å². The van der Waals surface area contributed by atoms with Crippen LogP contribution in [0.25, 0.3) is 0 Å². The molecular formula is C15H22O. The van der Waals surface area contributed by atoms with E-state index in [9.17, 15) is 0 Å². The van der Waals surface area contributed by atoms with Crippen LogP contribution in [0.2, 0.25) is 0 Å². The van der Waals surface area contributed by atoms with Crippen molar-refractivity contribution in [3.63, 3.8) is 0 Å². The molecule has 0 spiro atoms. The van der Waals surface area contributed by atoms with Gasteiger partial charge in [0.2, 0.25) is 0 Å². The Hall–Kier alpha value is -0.980. The highest BCUT2D eigenvalue weighted by molar-refractivity contribution is 5.38. The number of ether oxygens (including phenoxy) is 1. The lowest BCUT2D eigenvalue weighted by Gasteiger charge is -2.31. The third-order valence-electron chi connectivity index (χ3n) is 3.39. The Bertz CT molecular complexity index is 366. The first-order valence-corrected chi connectivity index (χ1v) is 6.35. The van der Waals surface area contributed by atoms with E-state index in [1.165, 1.54) is 30.4 Å². The van der Waals surface area contributed by atoms with Crippen LogP contribution in [0.4, 0.5) is 0 Å². The van der Waals surface area contributed by atoms with Crippen LogP contribution in [0.3, 0.4) is 0 Å². The van der Waals surface area contributed by atoms with Crippen LogP contribution in [-0.2, 0) is 12.8 Å². The van der Waals surface area contributed by atoms with Crippen LogP contribution < -0.4 is 4.74 Å². The smallest absolute Gasteiger partial charge is 0.119 e. The van der Waals surface area contributed by atoms with Crippen molar-refractivity contribution in [2.75, 3.05) is 6.61 Å². The van der Waals surface area contributed by atoms with E-state index in [0.717, 1.165) is 18.8 Å². The van der Waals surface area contributed by atoms with Crippen molar-refractivity contribution in [3.05, 3.63) is 29.3 Å². The average Bonchev–Trinajstić information content (AvgIpc) is 2.24. The monoisotopic (exact) mass is 218 g/mol. The van der Waals surface area contributed by atoms with Crippen LogP contribution in [0.5, 0.6) is 5.75 Å². The zero-order valence-corrected chi connectivity index (χ0v) is 10.7. The summed E-state index contributed by atoms with van der Waals surface area (Å²) in [6, 6.07) is 6.61. The van der Waals surface area contributed by atoms with Gasteiger partial charge in [0.15, 0.2) is 0 Å². The van der Waals surface area contributed by atoms with E-state index in [-0.39, 0.29) is 0 Å². The summed E-state index contributed by atoms with van der Waals surface area (Å²) in [6.07, 6.45) is 4.78.